The van der Waals surface area contributed by atoms with Crippen LogP contribution in [-0.4, -0.2) is 34.6 Å². The first-order chi connectivity index (χ1) is 8.26. The minimum absolute atomic E-state index is 0.758. The van der Waals surface area contributed by atoms with E-state index < -0.39 is 0 Å². The Morgan fingerprint density at radius 3 is 2.65 bits per heavy atom. The average Bonchev–Trinajstić information content (AvgIpc) is 2.38. The third-order valence-corrected chi connectivity index (χ3v) is 3.93. The smallest absolute Gasteiger partial charge is 0.227 e. The zero-order valence-corrected chi connectivity index (χ0v) is 11.2. The molecule has 2 rings (SSSR count). The summed E-state index contributed by atoms with van der Waals surface area (Å²) < 4.78 is 0. The fourth-order valence-corrected chi connectivity index (χ4v) is 2.93. The number of aryl methyl sites for hydroxylation is 1. The number of aromatic nitrogens is 2. The van der Waals surface area contributed by atoms with E-state index in [0.717, 1.165) is 54.0 Å². The van der Waals surface area contributed by atoms with Crippen LogP contribution in [0.5, 0.6) is 0 Å². The van der Waals surface area contributed by atoms with E-state index in [0.29, 0.717) is 0 Å². The minimum atomic E-state index is 0.758. The third-order valence-electron chi connectivity index (χ3n) is 2.99. The molecule has 0 atom stereocenters. The van der Waals surface area contributed by atoms with Crippen LogP contribution < -0.4 is 16.2 Å². The number of anilines is 2. The van der Waals surface area contributed by atoms with Gasteiger partial charge in [-0.25, -0.2) is 10.8 Å². The number of nitrogens with two attached hydrogens (primary N) is 1. The molecule has 0 saturated carbocycles. The normalized spacial score (nSPS) is 16.1. The fourth-order valence-electron chi connectivity index (χ4n) is 2.03. The van der Waals surface area contributed by atoms with Crippen LogP contribution in [0.3, 0.4) is 0 Å². The van der Waals surface area contributed by atoms with Gasteiger partial charge in [-0.05, 0) is 13.3 Å². The van der Waals surface area contributed by atoms with E-state index in [-0.39, 0.29) is 0 Å². The Morgan fingerprint density at radius 1 is 1.35 bits per heavy atom. The molecule has 6 heteroatoms. The maximum Gasteiger partial charge on any atom is 0.227 e. The maximum atomic E-state index is 5.53. The molecule has 1 fully saturated rings. The average molecular weight is 253 g/mol. The maximum absolute atomic E-state index is 5.53. The van der Waals surface area contributed by atoms with Crippen molar-refractivity contribution in [3.05, 3.63) is 11.3 Å². The summed E-state index contributed by atoms with van der Waals surface area (Å²) >= 11 is 1.98. The third kappa shape index (κ3) is 2.63. The first-order valence-corrected chi connectivity index (χ1v) is 7.08. The zero-order chi connectivity index (χ0) is 12.3. The van der Waals surface area contributed by atoms with Crippen molar-refractivity contribution in [1.29, 1.82) is 0 Å². The fraction of sp³-hybridized carbons (Fsp3) is 0.636. The van der Waals surface area contributed by atoms with Gasteiger partial charge in [0.25, 0.3) is 0 Å². The number of hydrogen-bond acceptors (Lipinski definition) is 6. The molecule has 0 unspecified atom stereocenters. The lowest BCUT2D eigenvalue weighted by molar-refractivity contribution is 0.805. The van der Waals surface area contributed by atoms with Crippen LogP contribution in [0.2, 0.25) is 0 Å². The Balaban J connectivity index is 2.31. The molecule has 1 aromatic rings. The number of rotatable bonds is 3. The standard InChI is InChI=1S/C11H19N5S/c1-3-9-8(2)13-11(14-10(9)15-12)16-4-6-17-7-5-16/h3-7,12H2,1-2H3,(H,13,14,15). The van der Waals surface area contributed by atoms with E-state index in [2.05, 4.69) is 27.2 Å². The zero-order valence-electron chi connectivity index (χ0n) is 10.4. The van der Waals surface area contributed by atoms with Gasteiger partial charge in [0.2, 0.25) is 5.95 Å². The van der Waals surface area contributed by atoms with Crippen molar-refractivity contribution in [3.8, 4) is 0 Å². The number of hydrogen-bond donors (Lipinski definition) is 2. The Hall–Kier alpha value is -1.01. The molecule has 1 saturated heterocycles. The molecule has 0 amide bonds. The topological polar surface area (TPSA) is 67.1 Å². The molecule has 0 aromatic carbocycles. The molecule has 3 N–H and O–H groups in total. The van der Waals surface area contributed by atoms with Gasteiger partial charge in [-0.3, -0.25) is 0 Å². The summed E-state index contributed by atoms with van der Waals surface area (Å²) in [4.78, 5) is 11.3. The van der Waals surface area contributed by atoms with Gasteiger partial charge in [-0.1, -0.05) is 6.92 Å². The van der Waals surface area contributed by atoms with Gasteiger partial charge in [0, 0.05) is 35.9 Å². The van der Waals surface area contributed by atoms with Crippen LogP contribution in [0.25, 0.3) is 0 Å². The number of thioether (sulfide) groups is 1. The first-order valence-electron chi connectivity index (χ1n) is 5.93. The van der Waals surface area contributed by atoms with Crippen molar-refractivity contribution >= 4 is 23.5 Å². The van der Waals surface area contributed by atoms with Gasteiger partial charge >= 0.3 is 0 Å². The van der Waals surface area contributed by atoms with Gasteiger partial charge in [0.15, 0.2) is 0 Å². The minimum Gasteiger partial charge on any atom is -0.339 e. The highest BCUT2D eigenvalue weighted by Crippen LogP contribution is 2.22. The molecule has 2 heterocycles. The number of nitrogens with one attached hydrogen (secondary N) is 1. The van der Waals surface area contributed by atoms with Crippen LogP contribution in [-0.2, 0) is 6.42 Å². The van der Waals surface area contributed by atoms with Crippen molar-refractivity contribution in [2.75, 3.05) is 34.9 Å². The van der Waals surface area contributed by atoms with E-state index in [1.807, 2.05) is 18.7 Å². The van der Waals surface area contributed by atoms with Crippen molar-refractivity contribution in [3.63, 3.8) is 0 Å². The highest BCUT2D eigenvalue weighted by Gasteiger charge is 2.16. The van der Waals surface area contributed by atoms with E-state index in [9.17, 15) is 0 Å². The summed E-state index contributed by atoms with van der Waals surface area (Å²) in [5, 5.41) is 0. The molecule has 1 aliphatic heterocycles. The monoisotopic (exact) mass is 253 g/mol. The second-order valence-electron chi connectivity index (χ2n) is 4.03. The summed E-state index contributed by atoms with van der Waals surface area (Å²) in [5.41, 5.74) is 4.80. The van der Waals surface area contributed by atoms with Gasteiger partial charge in [-0.15, -0.1) is 0 Å². The molecule has 94 valence electrons. The lowest BCUT2D eigenvalue weighted by Crippen LogP contribution is -2.34. The molecule has 0 spiro atoms. The van der Waals surface area contributed by atoms with Crippen molar-refractivity contribution in [2.45, 2.75) is 20.3 Å². The summed E-state index contributed by atoms with van der Waals surface area (Å²) in [6, 6.07) is 0. The molecule has 5 nitrogen and oxygen atoms in total. The first kappa shape index (κ1) is 12.4. The van der Waals surface area contributed by atoms with Crippen molar-refractivity contribution < 1.29 is 0 Å². The molecule has 0 radical (unpaired) electrons. The molecule has 17 heavy (non-hydrogen) atoms. The SMILES string of the molecule is CCc1c(C)nc(N2CCSCC2)nc1NN. The molecule has 0 bridgehead atoms. The van der Waals surface area contributed by atoms with Gasteiger partial charge in [0.05, 0.1) is 0 Å². The molecule has 1 aliphatic rings. The summed E-state index contributed by atoms with van der Waals surface area (Å²) in [5.74, 6) is 9.37. The molecule has 0 aliphatic carbocycles. The highest BCUT2D eigenvalue weighted by atomic mass is 32.2. The summed E-state index contributed by atoms with van der Waals surface area (Å²) in [6.45, 7) is 6.13. The predicted octanol–water partition coefficient (Wildman–Crippen LogP) is 1.19. The quantitative estimate of drug-likeness (QED) is 0.623. The predicted molar refractivity (Wildman–Crippen MR) is 73.5 cm³/mol. The number of nitrogen functional groups attached to an aromatic ring is 1. The van der Waals surface area contributed by atoms with E-state index >= 15 is 0 Å². The second-order valence-corrected chi connectivity index (χ2v) is 5.26. The molecular weight excluding hydrogens is 234 g/mol. The Labute approximate surface area is 106 Å². The Kier molecular flexibility index (Phi) is 4.06. The van der Waals surface area contributed by atoms with Crippen LogP contribution in [0.4, 0.5) is 11.8 Å². The van der Waals surface area contributed by atoms with Gasteiger partial charge in [-0.2, -0.15) is 16.7 Å². The lowest BCUT2D eigenvalue weighted by Gasteiger charge is -2.27. The van der Waals surface area contributed by atoms with Crippen molar-refractivity contribution in [2.24, 2.45) is 5.84 Å². The highest BCUT2D eigenvalue weighted by molar-refractivity contribution is 7.99. The number of nitrogens with zero attached hydrogens (tertiary/aromatic N) is 3. The number of hydrazine groups is 1. The van der Waals surface area contributed by atoms with Gasteiger partial charge < -0.3 is 10.3 Å². The van der Waals surface area contributed by atoms with Gasteiger partial charge in [0.1, 0.15) is 5.82 Å². The Morgan fingerprint density at radius 2 is 2.06 bits per heavy atom. The second kappa shape index (κ2) is 5.55. The van der Waals surface area contributed by atoms with Crippen LogP contribution in [0.15, 0.2) is 0 Å². The van der Waals surface area contributed by atoms with Crippen LogP contribution in [0, 0.1) is 6.92 Å². The van der Waals surface area contributed by atoms with E-state index in [1.54, 1.807) is 0 Å². The van der Waals surface area contributed by atoms with Crippen LogP contribution in [0.1, 0.15) is 18.2 Å². The Bertz CT molecular complexity index is 390. The molecular formula is C11H19N5S. The largest absolute Gasteiger partial charge is 0.339 e. The van der Waals surface area contributed by atoms with E-state index in [1.165, 1.54) is 0 Å². The molecule has 1 aromatic heterocycles. The summed E-state index contributed by atoms with van der Waals surface area (Å²) in [6.07, 6.45) is 0.890. The van der Waals surface area contributed by atoms with Crippen molar-refractivity contribution in [1.82, 2.24) is 9.97 Å². The summed E-state index contributed by atoms with van der Waals surface area (Å²) in [7, 11) is 0. The van der Waals surface area contributed by atoms with E-state index in [4.69, 9.17) is 5.84 Å². The lowest BCUT2D eigenvalue weighted by atomic mass is 10.2. The van der Waals surface area contributed by atoms with Crippen LogP contribution >= 0.6 is 11.8 Å².